The van der Waals surface area contributed by atoms with Crippen molar-refractivity contribution >= 4 is 57.6 Å². The molecule has 0 atom stereocenters. The van der Waals surface area contributed by atoms with Gasteiger partial charge in [-0.2, -0.15) is 5.26 Å². The van der Waals surface area contributed by atoms with Crippen LogP contribution in [-0.4, -0.2) is 17.1 Å². The number of rotatable bonds is 5. The third kappa shape index (κ3) is 4.37. The van der Waals surface area contributed by atoms with Gasteiger partial charge >= 0.3 is 0 Å². The number of aromatic nitrogens is 2. The fourth-order valence-corrected chi connectivity index (χ4v) is 3.70. The second kappa shape index (κ2) is 9.15. The van der Waals surface area contributed by atoms with Gasteiger partial charge < -0.3 is 0 Å². The van der Waals surface area contributed by atoms with Crippen LogP contribution in [0.1, 0.15) is 16.8 Å². The lowest BCUT2D eigenvalue weighted by Gasteiger charge is -2.25. The van der Waals surface area contributed by atoms with Crippen molar-refractivity contribution in [2.75, 3.05) is 12.2 Å². The summed E-state index contributed by atoms with van der Waals surface area (Å²) in [5.74, 6) is 0. The summed E-state index contributed by atoms with van der Waals surface area (Å²) >= 11 is 12.4. The summed E-state index contributed by atoms with van der Waals surface area (Å²) in [6.45, 7) is 0. The van der Waals surface area contributed by atoms with E-state index >= 15 is 0 Å². The second-order valence-corrected chi connectivity index (χ2v) is 7.41. The number of anilines is 2. The Morgan fingerprint density at radius 1 is 1.03 bits per heavy atom. The number of nitrogens with zero attached hydrogens (tertiary/aromatic N) is 4. The van der Waals surface area contributed by atoms with E-state index in [0.29, 0.717) is 32.5 Å². The molecule has 0 aliphatic carbocycles. The Balaban J connectivity index is 1.82. The summed E-state index contributed by atoms with van der Waals surface area (Å²) in [5.41, 5.74) is 4.01. The highest BCUT2D eigenvalue weighted by molar-refractivity contribution is 6.36. The van der Waals surface area contributed by atoms with E-state index in [0.717, 1.165) is 16.6 Å². The van der Waals surface area contributed by atoms with E-state index in [-0.39, 0.29) is 0 Å². The van der Waals surface area contributed by atoms with Gasteiger partial charge in [-0.1, -0.05) is 41.4 Å². The van der Waals surface area contributed by atoms with Crippen molar-refractivity contribution in [1.82, 2.24) is 9.97 Å². The maximum Gasteiger partial charge on any atom is 0.103 e. The lowest BCUT2D eigenvalue weighted by molar-refractivity contribution is 0.202. The molecule has 0 N–H and O–H groups in total. The van der Waals surface area contributed by atoms with E-state index in [9.17, 15) is 5.26 Å². The van der Waals surface area contributed by atoms with Crippen molar-refractivity contribution < 1.29 is 4.84 Å². The average Bonchev–Trinajstić information content (AvgIpc) is 2.80. The Kier molecular flexibility index (Phi) is 6.15. The largest absolute Gasteiger partial charge is 0.272 e. The number of hydrogen-bond donors (Lipinski definition) is 0. The minimum absolute atomic E-state index is 0.358. The van der Waals surface area contributed by atoms with Crippen molar-refractivity contribution in [3.8, 4) is 6.07 Å². The Bertz CT molecular complexity index is 1320. The Labute approximate surface area is 189 Å². The van der Waals surface area contributed by atoms with Crippen LogP contribution in [0.5, 0.6) is 0 Å². The van der Waals surface area contributed by atoms with Crippen LogP contribution in [0, 0.1) is 11.3 Å². The van der Waals surface area contributed by atoms with Crippen LogP contribution in [0.4, 0.5) is 11.4 Å². The molecule has 4 aromatic rings. The van der Waals surface area contributed by atoms with Crippen molar-refractivity contribution in [2.45, 2.75) is 0 Å². The van der Waals surface area contributed by atoms with Crippen molar-refractivity contribution in [2.24, 2.45) is 0 Å². The zero-order valence-corrected chi connectivity index (χ0v) is 18.0. The van der Waals surface area contributed by atoms with Gasteiger partial charge in [-0.15, -0.1) is 0 Å². The van der Waals surface area contributed by atoms with Gasteiger partial charge in [0, 0.05) is 22.8 Å². The molecule has 0 radical (unpaired) electrons. The topological polar surface area (TPSA) is 62.0 Å². The quantitative estimate of drug-likeness (QED) is 0.320. The number of nitriles is 1. The molecule has 2 aromatic heterocycles. The predicted molar refractivity (Wildman–Crippen MR) is 125 cm³/mol. The van der Waals surface area contributed by atoms with Gasteiger partial charge in [-0.3, -0.25) is 14.8 Å². The van der Waals surface area contributed by atoms with E-state index in [4.69, 9.17) is 28.0 Å². The third-order valence-corrected chi connectivity index (χ3v) is 5.17. The molecule has 31 heavy (non-hydrogen) atoms. The van der Waals surface area contributed by atoms with Crippen LogP contribution < -0.4 is 5.06 Å². The highest BCUT2D eigenvalue weighted by Crippen LogP contribution is 2.39. The predicted octanol–water partition coefficient (Wildman–Crippen LogP) is 6.68. The van der Waals surface area contributed by atoms with Crippen LogP contribution in [0.15, 0.2) is 67.0 Å². The van der Waals surface area contributed by atoms with Crippen LogP contribution in [-0.2, 0) is 4.84 Å². The zero-order chi connectivity index (χ0) is 21.8. The summed E-state index contributed by atoms with van der Waals surface area (Å²) < 4.78 is 0. The zero-order valence-electron chi connectivity index (χ0n) is 16.5. The van der Waals surface area contributed by atoms with E-state index in [1.165, 1.54) is 18.4 Å². The SMILES string of the molecule is CON(c1ccc(Cl)cc1Cl)c1c(C#N)cnc2cc(/C=C/c3ccccn3)ccc12. The highest BCUT2D eigenvalue weighted by Gasteiger charge is 2.20. The monoisotopic (exact) mass is 446 g/mol. The first-order chi connectivity index (χ1) is 15.1. The molecule has 2 aromatic carbocycles. The molecule has 152 valence electrons. The fourth-order valence-electron chi connectivity index (χ4n) is 3.21. The van der Waals surface area contributed by atoms with Gasteiger partial charge in [-0.05, 0) is 54.1 Å². The standard InChI is InChI=1S/C24H16Cl2N4O/c1-31-30(23-10-7-18(25)13-21(23)26)24-17(14-27)15-29-22-12-16(6-9-20(22)24)5-8-19-4-2-3-11-28-19/h2-13,15H,1H3/b8-5+. The van der Waals surface area contributed by atoms with Gasteiger partial charge in [0.2, 0.25) is 0 Å². The molecule has 0 unspecified atom stereocenters. The Hall–Kier alpha value is -3.43. The first-order valence-electron chi connectivity index (χ1n) is 9.32. The van der Waals surface area contributed by atoms with Crippen LogP contribution in [0.25, 0.3) is 23.1 Å². The smallest absolute Gasteiger partial charge is 0.103 e. The number of pyridine rings is 2. The van der Waals surface area contributed by atoms with Crippen molar-refractivity contribution in [3.05, 3.63) is 93.9 Å². The molecule has 0 spiro atoms. The summed E-state index contributed by atoms with van der Waals surface area (Å²) in [6, 6.07) is 18.8. The second-order valence-electron chi connectivity index (χ2n) is 6.57. The molecule has 2 heterocycles. The number of benzene rings is 2. The van der Waals surface area contributed by atoms with Crippen LogP contribution in [0.2, 0.25) is 10.0 Å². The van der Waals surface area contributed by atoms with Gasteiger partial charge in [0.05, 0.1) is 40.3 Å². The molecule has 0 saturated heterocycles. The molecule has 0 amide bonds. The number of halogens is 2. The molecular formula is C24H16Cl2N4O. The summed E-state index contributed by atoms with van der Waals surface area (Å²) in [6.07, 6.45) is 7.17. The van der Waals surface area contributed by atoms with E-state index < -0.39 is 0 Å². The Morgan fingerprint density at radius 3 is 2.61 bits per heavy atom. The Morgan fingerprint density at radius 2 is 1.90 bits per heavy atom. The molecule has 4 rings (SSSR count). The lowest BCUT2D eigenvalue weighted by atomic mass is 10.1. The summed E-state index contributed by atoms with van der Waals surface area (Å²) in [7, 11) is 1.52. The molecule has 0 fully saturated rings. The van der Waals surface area contributed by atoms with Crippen molar-refractivity contribution in [3.63, 3.8) is 0 Å². The number of hydrogen-bond acceptors (Lipinski definition) is 5. The minimum Gasteiger partial charge on any atom is -0.272 e. The lowest BCUT2D eigenvalue weighted by Crippen LogP contribution is -2.17. The molecule has 0 bridgehead atoms. The third-order valence-electron chi connectivity index (χ3n) is 4.63. The molecule has 0 saturated carbocycles. The molecule has 0 aliphatic heterocycles. The van der Waals surface area contributed by atoms with Crippen LogP contribution in [0.3, 0.4) is 0 Å². The maximum absolute atomic E-state index is 9.70. The van der Waals surface area contributed by atoms with Gasteiger partial charge in [0.25, 0.3) is 0 Å². The van der Waals surface area contributed by atoms with E-state index in [1.807, 2.05) is 48.6 Å². The maximum atomic E-state index is 9.70. The first kappa shape index (κ1) is 20.8. The molecule has 7 heteroatoms. The fraction of sp³-hybridized carbons (Fsp3) is 0.0417. The minimum atomic E-state index is 0.358. The van der Waals surface area contributed by atoms with Crippen molar-refractivity contribution in [1.29, 1.82) is 5.26 Å². The first-order valence-corrected chi connectivity index (χ1v) is 10.1. The summed E-state index contributed by atoms with van der Waals surface area (Å²) in [4.78, 5) is 14.4. The van der Waals surface area contributed by atoms with E-state index in [1.54, 1.807) is 24.4 Å². The molecule has 5 nitrogen and oxygen atoms in total. The molecular weight excluding hydrogens is 431 g/mol. The summed E-state index contributed by atoms with van der Waals surface area (Å²) in [5, 5.41) is 12.9. The highest BCUT2D eigenvalue weighted by atomic mass is 35.5. The van der Waals surface area contributed by atoms with Gasteiger partial charge in [0.1, 0.15) is 6.07 Å². The average molecular weight is 447 g/mol. The molecule has 0 aliphatic rings. The van der Waals surface area contributed by atoms with Crippen LogP contribution >= 0.6 is 23.2 Å². The number of fused-ring (bicyclic) bond motifs is 1. The van der Waals surface area contributed by atoms with Gasteiger partial charge in [-0.25, -0.2) is 5.06 Å². The van der Waals surface area contributed by atoms with Gasteiger partial charge in [0.15, 0.2) is 0 Å². The normalized spacial score (nSPS) is 11.0. The van der Waals surface area contributed by atoms with E-state index in [2.05, 4.69) is 16.0 Å².